The molecule has 186 valence electrons. The lowest BCUT2D eigenvalue weighted by molar-refractivity contribution is 0.0303. The molecule has 2 atom stereocenters. The van der Waals surface area contributed by atoms with Crippen molar-refractivity contribution >= 4 is 16.7 Å². The van der Waals surface area contributed by atoms with Gasteiger partial charge in [-0.15, -0.1) is 0 Å². The van der Waals surface area contributed by atoms with Crippen molar-refractivity contribution in [2.24, 2.45) is 0 Å². The number of aromatic nitrogens is 3. The second kappa shape index (κ2) is 10.1. The van der Waals surface area contributed by atoms with E-state index in [1.165, 1.54) is 5.56 Å². The van der Waals surface area contributed by atoms with Crippen LogP contribution in [0.3, 0.4) is 0 Å². The Balaban J connectivity index is 1.53. The summed E-state index contributed by atoms with van der Waals surface area (Å²) in [4.78, 5) is 23.5. The predicted molar refractivity (Wildman–Crippen MR) is 146 cm³/mol. The Morgan fingerprint density at radius 3 is 2.46 bits per heavy atom. The number of carbonyl (C=O) groups is 1. The van der Waals surface area contributed by atoms with Gasteiger partial charge in [0.25, 0.3) is 5.91 Å². The number of aromatic amines is 1. The van der Waals surface area contributed by atoms with Gasteiger partial charge in [-0.05, 0) is 21.9 Å². The summed E-state index contributed by atoms with van der Waals surface area (Å²) >= 11 is 0. The SMILES string of the molecule is C[C@H](c1ccccc1)C(c1cnc[nH]1)n1cc(C(=O)N2CCOCC2)c(-c2cccc3ccccc23)c1. The molecule has 6 heteroatoms. The number of morpholine rings is 1. The molecule has 1 unspecified atom stereocenters. The van der Waals surface area contributed by atoms with Crippen LogP contribution in [-0.2, 0) is 4.74 Å². The number of carbonyl (C=O) groups excluding carboxylic acids is 1. The average Bonchev–Trinajstić information content (AvgIpc) is 3.65. The number of fused-ring (bicyclic) bond motifs is 1. The predicted octanol–water partition coefficient (Wildman–Crippen LogP) is 5.90. The Morgan fingerprint density at radius 2 is 1.68 bits per heavy atom. The second-order valence-electron chi connectivity index (χ2n) is 9.62. The van der Waals surface area contributed by atoms with Crippen LogP contribution in [-0.4, -0.2) is 51.6 Å². The van der Waals surface area contributed by atoms with Gasteiger partial charge in [0.1, 0.15) is 0 Å². The van der Waals surface area contributed by atoms with Gasteiger partial charge in [-0.2, -0.15) is 0 Å². The van der Waals surface area contributed by atoms with E-state index in [1.54, 1.807) is 6.33 Å². The fraction of sp³-hybridized carbons (Fsp3) is 0.226. The highest BCUT2D eigenvalue weighted by Crippen LogP contribution is 2.38. The number of imidazole rings is 1. The van der Waals surface area contributed by atoms with E-state index in [2.05, 4.69) is 88.3 Å². The van der Waals surface area contributed by atoms with Crippen LogP contribution in [0.25, 0.3) is 21.9 Å². The molecule has 1 fully saturated rings. The Hall–Kier alpha value is -4.16. The van der Waals surface area contributed by atoms with Crippen molar-refractivity contribution in [3.8, 4) is 11.1 Å². The van der Waals surface area contributed by atoms with E-state index < -0.39 is 0 Å². The molecule has 5 aromatic rings. The van der Waals surface area contributed by atoms with Gasteiger partial charge < -0.3 is 19.2 Å². The van der Waals surface area contributed by atoms with Crippen molar-refractivity contribution in [2.75, 3.05) is 26.3 Å². The van der Waals surface area contributed by atoms with Gasteiger partial charge in [-0.25, -0.2) is 4.98 Å². The third-order valence-corrected chi connectivity index (χ3v) is 7.41. The molecular formula is C31H30N4O2. The zero-order valence-electron chi connectivity index (χ0n) is 20.9. The lowest BCUT2D eigenvalue weighted by Crippen LogP contribution is -2.40. The Bertz CT molecular complexity index is 1500. The second-order valence-corrected chi connectivity index (χ2v) is 9.62. The molecule has 6 nitrogen and oxygen atoms in total. The molecule has 0 spiro atoms. The third-order valence-electron chi connectivity index (χ3n) is 7.41. The van der Waals surface area contributed by atoms with Gasteiger partial charge in [-0.1, -0.05) is 79.7 Å². The van der Waals surface area contributed by atoms with E-state index in [1.807, 2.05) is 29.4 Å². The number of ether oxygens (including phenoxy) is 1. The van der Waals surface area contributed by atoms with Gasteiger partial charge >= 0.3 is 0 Å². The van der Waals surface area contributed by atoms with E-state index >= 15 is 0 Å². The summed E-state index contributed by atoms with van der Waals surface area (Å²) in [5.74, 6) is 0.182. The van der Waals surface area contributed by atoms with Crippen LogP contribution >= 0.6 is 0 Å². The zero-order valence-corrected chi connectivity index (χ0v) is 20.9. The average molecular weight is 491 g/mol. The normalized spacial score (nSPS) is 15.5. The molecule has 1 N–H and O–H groups in total. The minimum absolute atomic E-state index is 0.0423. The number of rotatable bonds is 6. The fourth-order valence-corrected chi connectivity index (χ4v) is 5.47. The minimum Gasteiger partial charge on any atom is -0.378 e. The quantitative estimate of drug-likeness (QED) is 0.322. The van der Waals surface area contributed by atoms with E-state index in [-0.39, 0.29) is 17.9 Å². The van der Waals surface area contributed by atoms with Gasteiger partial charge in [0.05, 0.1) is 43.0 Å². The maximum absolute atomic E-state index is 13.9. The van der Waals surface area contributed by atoms with Crippen LogP contribution in [0.4, 0.5) is 0 Å². The van der Waals surface area contributed by atoms with Crippen molar-refractivity contribution in [1.82, 2.24) is 19.4 Å². The number of nitrogens with one attached hydrogen (secondary N) is 1. The number of amides is 1. The molecule has 0 bridgehead atoms. The summed E-state index contributed by atoms with van der Waals surface area (Å²) in [5, 5.41) is 2.29. The first-order chi connectivity index (χ1) is 18.2. The largest absolute Gasteiger partial charge is 0.378 e. The number of hydrogen-bond acceptors (Lipinski definition) is 3. The monoisotopic (exact) mass is 490 g/mol. The number of hydrogen-bond donors (Lipinski definition) is 1. The van der Waals surface area contributed by atoms with Crippen LogP contribution in [0.1, 0.15) is 40.5 Å². The zero-order chi connectivity index (χ0) is 25.2. The first kappa shape index (κ1) is 23.3. The van der Waals surface area contributed by atoms with Gasteiger partial charge in [-0.3, -0.25) is 4.79 Å². The van der Waals surface area contributed by atoms with Crippen LogP contribution < -0.4 is 0 Å². The Labute approximate surface area is 216 Å². The highest BCUT2D eigenvalue weighted by Gasteiger charge is 2.29. The molecule has 3 heterocycles. The molecule has 1 aliphatic rings. The number of H-pyrrole nitrogens is 1. The van der Waals surface area contributed by atoms with Crippen molar-refractivity contribution in [3.05, 3.63) is 115 Å². The van der Waals surface area contributed by atoms with Crippen LogP contribution in [0.2, 0.25) is 0 Å². The summed E-state index contributed by atoms with van der Waals surface area (Å²) in [6, 6.07) is 25.1. The van der Waals surface area contributed by atoms with Crippen molar-refractivity contribution in [3.63, 3.8) is 0 Å². The van der Waals surface area contributed by atoms with Gasteiger partial charge in [0.2, 0.25) is 0 Å². The Kier molecular flexibility index (Phi) is 6.33. The lowest BCUT2D eigenvalue weighted by Gasteiger charge is -2.27. The minimum atomic E-state index is -0.0649. The molecule has 37 heavy (non-hydrogen) atoms. The van der Waals surface area contributed by atoms with Gasteiger partial charge in [0, 0.05) is 37.0 Å². The maximum atomic E-state index is 13.9. The first-order valence-electron chi connectivity index (χ1n) is 12.8. The maximum Gasteiger partial charge on any atom is 0.256 e. The molecule has 6 rings (SSSR count). The van der Waals surface area contributed by atoms with E-state index in [0.717, 1.165) is 27.6 Å². The Morgan fingerprint density at radius 1 is 0.919 bits per heavy atom. The molecule has 1 amide bonds. The highest BCUT2D eigenvalue weighted by atomic mass is 16.5. The summed E-state index contributed by atoms with van der Waals surface area (Å²) in [6.45, 7) is 4.56. The van der Waals surface area contributed by atoms with E-state index in [9.17, 15) is 4.79 Å². The lowest BCUT2D eigenvalue weighted by atomic mass is 9.91. The van der Waals surface area contributed by atoms with E-state index in [0.29, 0.717) is 31.9 Å². The number of benzene rings is 3. The fourth-order valence-electron chi connectivity index (χ4n) is 5.47. The van der Waals surface area contributed by atoms with Crippen molar-refractivity contribution in [2.45, 2.75) is 18.9 Å². The molecule has 1 saturated heterocycles. The summed E-state index contributed by atoms with van der Waals surface area (Å²) < 4.78 is 7.71. The molecule has 0 saturated carbocycles. The summed E-state index contributed by atoms with van der Waals surface area (Å²) in [6.07, 6.45) is 7.76. The van der Waals surface area contributed by atoms with Gasteiger partial charge in [0.15, 0.2) is 0 Å². The smallest absolute Gasteiger partial charge is 0.256 e. The van der Waals surface area contributed by atoms with Crippen molar-refractivity contribution < 1.29 is 9.53 Å². The molecule has 2 aromatic heterocycles. The molecule has 3 aromatic carbocycles. The molecule has 1 aliphatic heterocycles. The van der Waals surface area contributed by atoms with Crippen LogP contribution in [0.15, 0.2) is 97.7 Å². The standard InChI is InChI=1S/C31H30N4O2/c1-22(23-8-3-2-4-9-23)30(29-18-32-21-33-29)35-19-27(26-13-7-11-24-10-5-6-12-25(24)26)28(20-35)31(36)34-14-16-37-17-15-34/h2-13,18-22,30H,14-17H2,1H3,(H,32,33)/t22-,30?/m1/s1. The third kappa shape index (κ3) is 4.45. The number of nitrogens with zero attached hydrogens (tertiary/aromatic N) is 3. The van der Waals surface area contributed by atoms with Crippen LogP contribution in [0, 0.1) is 0 Å². The topological polar surface area (TPSA) is 63.2 Å². The summed E-state index contributed by atoms with van der Waals surface area (Å²) in [7, 11) is 0. The van der Waals surface area contributed by atoms with Crippen LogP contribution in [0.5, 0.6) is 0 Å². The highest BCUT2D eigenvalue weighted by molar-refractivity contribution is 6.06. The molecule has 0 aliphatic carbocycles. The van der Waals surface area contributed by atoms with E-state index in [4.69, 9.17) is 4.74 Å². The van der Waals surface area contributed by atoms with Crippen molar-refractivity contribution in [1.29, 1.82) is 0 Å². The molecule has 0 radical (unpaired) electrons. The molecular weight excluding hydrogens is 460 g/mol. The summed E-state index contributed by atoms with van der Waals surface area (Å²) in [5.41, 5.74) is 4.94. The first-order valence-corrected chi connectivity index (χ1v) is 12.8.